The molecule has 0 radical (unpaired) electrons. The van der Waals surface area contributed by atoms with Crippen molar-refractivity contribution in [2.24, 2.45) is 5.92 Å². The van der Waals surface area contributed by atoms with Crippen molar-refractivity contribution in [1.82, 2.24) is 4.90 Å². The molecule has 2 aromatic rings. The van der Waals surface area contributed by atoms with E-state index < -0.39 is 17.5 Å². The van der Waals surface area contributed by atoms with Crippen LogP contribution in [0.3, 0.4) is 0 Å². The highest BCUT2D eigenvalue weighted by Crippen LogP contribution is 2.33. The monoisotopic (exact) mass is 492 g/mol. The summed E-state index contributed by atoms with van der Waals surface area (Å²) in [6.45, 7) is 6.18. The molecule has 2 amide bonds. The van der Waals surface area contributed by atoms with Crippen LogP contribution in [0.5, 0.6) is 5.75 Å². The van der Waals surface area contributed by atoms with Crippen molar-refractivity contribution in [3.63, 3.8) is 0 Å². The number of methoxy groups -OCH3 is 1. The van der Waals surface area contributed by atoms with Gasteiger partial charge in [-0.25, -0.2) is 9.18 Å². The van der Waals surface area contributed by atoms with Crippen LogP contribution in [0.25, 0.3) is 0 Å². The normalized spacial score (nSPS) is 14.1. The Morgan fingerprint density at radius 3 is 2.39 bits per heavy atom. The third-order valence-electron chi connectivity index (χ3n) is 4.87. The number of likely N-dealkylation sites (tertiary alicyclic amines) is 1. The molecular weight excluding hydrogens is 467 g/mol. The Morgan fingerprint density at radius 1 is 1.16 bits per heavy atom. The van der Waals surface area contributed by atoms with Crippen LogP contribution in [0, 0.1) is 11.7 Å². The van der Waals surface area contributed by atoms with Crippen LogP contribution >= 0.6 is 15.9 Å². The Bertz CT molecular complexity index is 953. The molecule has 31 heavy (non-hydrogen) atoms. The second kappa shape index (κ2) is 9.26. The van der Waals surface area contributed by atoms with Gasteiger partial charge in [-0.1, -0.05) is 18.2 Å². The SMILES string of the molecule is COc1ccc(CN(C(=O)C2CN(C(=O)OC(C)(C)C)C2)c2cccc(F)c2Br)cc1. The molecule has 0 spiro atoms. The van der Waals surface area contributed by atoms with Crippen molar-refractivity contribution in [2.45, 2.75) is 32.9 Å². The lowest BCUT2D eigenvalue weighted by molar-refractivity contribution is -0.127. The summed E-state index contributed by atoms with van der Waals surface area (Å²) in [5.74, 6) is -0.308. The fourth-order valence-electron chi connectivity index (χ4n) is 3.23. The van der Waals surface area contributed by atoms with Crippen molar-refractivity contribution in [3.8, 4) is 5.75 Å². The molecule has 0 N–H and O–H groups in total. The van der Waals surface area contributed by atoms with Crippen LogP contribution in [0.4, 0.5) is 14.9 Å². The van der Waals surface area contributed by atoms with Gasteiger partial charge in [0.15, 0.2) is 0 Å². The first-order chi connectivity index (χ1) is 14.6. The van der Waals surface area contributed by atoms with Crippen LogP contribution in [0.1, 0.15) is 26.3 Å². The van der Waals surface area contributed by atoms with Crippen molar-refractivity contribution in [3.05, 3.63) is 58.3 Å². The average molecular weight is 493 g/mol. The summed E-state index contributed by atoms with van der Waals surface area (Å²) in [6.07, 6.45) is -0.440. The molecule has 0 aromatic heterocycles. The lowest BCUT2D eigenvalue weighted by atomic mass is 9.98. The lowest BCUT2D eigenvalue weighted by Gasteiger charge is -2.41. The zero-order chi connectivity index (χ0) is 22.8. The number of rotatable bonds is 5. The van der Waals surface area contributed by atoms with Gasteiger partial charge in [-0.2, -0.15) is 0 Å². The molecule has 0 bridgehead atoms. The largest absolute Gasteiger partial charge is 0.497 e. The molecule has 8 heteroatoms. The van der Waals surface area contributed by atoms with E-state index in [2.05, 4.69) is 15.9 Å². The summed E-state index contributed by atoms with van der Waals surface area (Å²) in [6, 6.07) is 11.9. The number of benzene rings is 2. The molecule has 1 heterocycles. The van der Waals surface area contributed by atoms with Crippen LogP contribution in [-0.2, 0) is 16.1 Å². The fraction of sp³-hybridized carbons (Fsp3) is 0.391. The van der Waals surface area contributed by atoms with Gasteiger partial charge in [0.1, 0.15) is 17.2 Å². The topological polar surface area (TPSA) is 59.1 Å². The van der Waals surface area contributed by atoms with Crippen LogP contribution < -0.4 is 9.64 Å². The van der Waals surface area contributed by atoms with E-state index in [1.54, 1.807) is 44.9 Å². The van der Waals surface area contributed by atoms with E-state index in [1.807, 2.05) is 24.3 Å². The van der Waals surface area contributed by atoms with E-state index in [0.717, 1.165) is 5.56 Å². The van der Waals surface area contributed by atoms with E-state index in [4.69, 9.17) is 9.47 Å². The molecule has 6 nitrogen and oxygen atoms in total. The van der Waals surface area contributed by atoms with Crippen molar-refractivity contribution < 1.29 is 23.5 Å². The Labute approximate surface area is 190 Å². The molecule has 166 valence electrons. The number of hydrogen-bond acceptors (Lipinski definition) is 4. The molecule has 1 saturated heterocycles. The maximum atomic E-state index is 14.2. The van der Waals surface area contributed by atoms with Crippen molar-refractivity contribution in [2.75, 3.05) is 25.1 Å². The van der Waals surface area contributed by atoms with Gasteiger partial charge in [0.25, 0.3) is 0 Å². The minimum atomic E-state index is -0.598. The second-order valence-corrected chi connectivity index (χ2v) is 9.22. The van der Waals surface area contributed by atoms with Gasteiger partial charge in [-0.15, -0.1) is 0 Å². The average Bonchev–Trinajstić information content (AvgIpc) is 2.66. The first kappa shape index (κ1) is 23.1. The maximum Gasteiger partial charge on any atom is 0.410 e. The number of nitrogens with zero attached hydrogens (tertiary/aromatic N) is 2. The zero-order valence-electron chi connectivity index (χ0n) is 18.0. The second-order valence-electron chi connectivity index (χ2n) is 8.43. The highest BCUT2D eigenvalue weighted by atomic mass is 79.9. The minimum Gasteiger partial charge on any atom is -0.497 e. The molecule has 0 aliphatic carbocycles. The third kappa shape index (κ3) is 5.55. The van der Waals surface area contributed by atoms with Gasteiger partial charge in [-0.05, 0) is 66.5 Å². The number of carbonyl (C=O) groups is 2. The summed E-state index contributed by atoms with van der Waals surface area (Å²) < 4.78 is 25.0. The predicted octanol–water partition coefficient (Wildman–Crippen LogP) is 5.00. The number of anilines is 1. The van der Waals surface area contributed by atoms with Gasteiger partial charge in [0.2, 0.25) is 5.91 Å². The molecule has 1 aliphatic rings. The first-order valence-electron chi connectivity index (χ1n) is 9.95. The van der Waals surface area contributed by atoms with Crippen LogP contribution in [-0.4, -0.2) is 42.7 Å². The Kier molecular flexibility index (Phi) is 6.89. The van der Waals surface area contributed by atoms with Gasteiger partial charge in [-0.3, -0.25) is 4.79 Å². The summed E-state index contributed by atoms with van der Waals surface area (Å²) >= 11 is 3.27. The highest BCUT2D eigenvalue weighted by molar-refractivity contribution is 9.10. The minimum absolute atomic E-state index is 0.179. The van der Waals surface area contributed by atoms with Gasteiger partial charge in [0, 0.05) is 13.1 Å². The van der Waals surface area contributed by atoms with Crippen molar-refractivity contribution >= 4 is 33.6 Å². The fourth-order valence-corrected chi connectivity index (χ4v) is 3.71. The van der Waals surface area contributed by atoms with Gasteiger partial charge in [0.05, 0.1) is 29.7 Å². The molecule has 0 saturated carbocycles. The van der Waals surface area contributed by atoms with Gasteiger partial charge >= 0.3 is 6.09 Å². The Hall–Kier alpha value is -2.61. The lowest BCUT2D eigenvalue weighted by Crippen LogP contribution is -2.57. The standard InChI is InChI=1S/C23H26BrFN2O4/c1-23(2,3)31-22(29)26-13-16(14-26)21(28)27(19-7-5-6-18(25)20(19)24)12-15-8-10-17(30-4)11-9-15/h5-11,16H,12-14H2,1-4H3. The highest BCUT2D eigenvalue weighted by Gasteiger charge is 2.40. The summed E-state index contributed by atoms with van der Waals surface area (Å²) in [5.41, 5.74) is 0.712. The van der Waals surface area contributed by atoms with Crippen molar-refractivity contribution in [1.29, 1.82) is 0 Å². The Morgan fingerprint density at radius 2 is 1.81 bits per heavy atom. The van der Waals surface area contributed by atoms with Crippen LogP contribution in [0.2, 0.25) is 0 Å². The summed E-state index contributed by atoms with van der Waals surface area (Å²) in [5, 5.41) is 0. The first-order valence-corrected chi connectivity index (χ1v) is 10.7. The number of halogens is 2. The maximum absolute atomic E-state index is 14.2. The molecule has 0 unspecified atom stereocenters. The quantitative estimate of drug-likeness (QED) is 0.589. The molecule has 2 aromatic carbocycles. The van der Waals surface area contributed by atoms with Gasteiger partial charge < -0.3 is 19.3 Å². The van der Waals surface area contributed by atoms with E-state index in [-0.39, 0.29) is 35.9 Å². The van der Waals surface area contributed by atoms with E-state index in [1.165, 1.54) is 11.0 Å². The van der Waals surface area contributed by atoms with E-state index in [9.17, 15) is 14.0 Å². The number of carbonyl (C=O) groups excluding carboxylic acids is 2. The third-order valence-corrected chi connectivity index (χ3v) is 5.66. The summed E-state index contributed by atoms with van der Waals surface area (Å²) in [4.78, 5) is 28.6. The van der Waals surface area contributed by atoms with E-state index in [0.29, 0.717) is 11.4 Å². The molecule has 0 atom stereocenters. The molecule has 1 aliphatic heterocycles. The molecule has 3 rings (SSSR count). The van der Waals surface area contributed by atoms with Crippen LogP contribution in [0.15, 0.2) is 46.9 Å². The molecular formula is C23H26BrFN2O4. The van der Waals surface area contributed by atoms with E-state index >= 15 is 0 Å². The number of amides is 2. The smallest absolute Gasteiger partial charge is 0.410 e. The predicted molar refractivity (Wildman–Crippen MR) is 120 cm³/mol. The number of hydrogen-bond donors (Lipinski definition) is 0. The molecule has 1 fully saturated rings. The summed E-state index contributed by atoms with van der Waals surface area (Å²) in [7, 11) is 1.59. The number of ether oxygens (including phenoxy) is 2. The Balaban J connectivity index is 1.79. The zero-order valence-corrected chi connectivity index (χ0v) is 19.6.